The van der Waals surface area contributed by atoms with Gasteiger partial charge >= 0.3 is 0 Å². The Kier molecular flexibility index (Phi) is 8.43. The normalized spacial score (nSPS) is 15.8. The van der Waals surface area contributed by atoms with E-state index >= 15 is 0 Å². The highest BCUT2D eigenvalue weighted by atomic mass is 32.1. The molecular formula is C28H33N5O4S. The molecule has 5 N–H and O–H groups in total. The average molecular weight is 536 g/mol. The van der Waals surface area contributed by atoms with Crippen LogP contribution in [-0.2, 0) is 9.53 Å². The van der Waals surface area contributed by atoms with E-state index in [9.17, 15) is 14.4 Å². The smallest absolute Gasteiger partial charge is 0.273 e. The molecule has 2 aromatic carbocycles. The minimum Gasteiger partial charge on any atom is -0.395 e. The van der Waals surface area contributed by atoms with Gasteiger partial charge < -0.3 is 21.5 Å². The average Bonchev–Trinajstić information content (AvgIpc) is 3.56. The largest absolute Gasteiger partial charge is 0.395 e. The van der Waals surface area contributed by atoms with E-state index in [2.05, 4.69) is 23.5 Å². The Bertz CT molecular complexity index is 1300. The Morgan fingerprint density at radius 1 is 1.11 bits per heavy atom. The summed E-state index contributed by atoms with van der Waals surface area (Å²) in [6.07, 6.45) is 1.74. The summed E-state index contributed by atoms with van der Waals surface area (Å²) in [4.78, 5) is 41.2. The van der Waals surface area contributed by atoms with Gasteiger partial charge in [-0.2, -0.15) is 4.37 Å². The van der Waals surface area contributed by atoms with Crippen LogP contribution in [-0.4, -0.2) is 41.4 Å². The number of primary amides is 1. The highest BCUT2D eigenvalue weighted by Crippen LogP contribution is 2.34. The van der Waals surface area contributed by atoms with Gasteiger partial charge in [-0.25, -0.2) is 0 Å². The molecule has 2 atom stereocenters. The summed E-state index contributed by atoms with van der Waals surface area (Å²) < 4.78 is 9.69. The first kappa shape index (κ1) is 27.3. The van der Waals surface area contributed by atoms with Crippen LogP contribution < -0.4 is 21.7 Å². The maximum atomic E-state index is 14.1. The molecule has 0 unspecified atom stereocenters. The van der Waals surface area contributed by atoms with Crippen molar-refractivity contribution in [1.82, 2.24) is 9.69 Å². The predicted molar refractivity (Wildman–Crippen MR) is 148 cm³/mol. The molecule has 0 aliphatic carbocycles. The Labute approximate surface area is 226 Å². The fraction of sp³-hybridized carbons (Fsp3) is 0.357. The van der Waals surface area contributed by atoms with E-state index in [4.69, 9.17) is 16.2 Å². The number of carbonyl (C=O) groups excluding carboxylic acids is 3. The van der Waals surface area contributed by atoms with E-state index in [0.29, 0.717) is 24.4 Å². The number of nitrogens with two attached hydrogens (primary N) is 2. The molecule has 9 nitrogen and oxygen atoms in total. The van der Waals surface area contributed by atoms with Crippen molar-refractivity contribution < 1.29 is 19.1 Å². The van der Waals surface area contributed by atoms with Crippen LogP contribution in [0, 0.1) is 6.92 Å². The molecule has 3 aromatic rings. The second kappa shape index (κ2) is 11.7. The molecule has 0 spiro atoms. The third kappa shape index (κ3) is 5.87. The SMILES string of the molecule is Cc1ccc([C@@H](C(=O)NC[C@H]2CCCO2)N(C(=O)c2snc(C(N)=O)c2N)c2ccc(C(C)C)cc2)cc1. The minimum absolute atomic E-state index is 0.0378. The lowest BCUT2D eigenvalue weighted by Crippen LogP contribution is -2.45. The third-order valence-electron chi connectivity index (χ3n) is 6.64. The second-order valence-electron chi connectivity index (χ2n) is 9.75. The van der Waals surface area contributed by atoms with Crippen LogP contribution in [0.3, 0.4) is 0 Å². The zero-order chi connectivity index (χ0) is 27.4. The van der Waals surface area contributed by atoms with Crippen molar-refractivity contribution in [1.29, 1.82) is 0 Å². The molecule has 1 saturated heterocycles. The van der Waals surface area contributed by atoms with Crippen molar-refractivity contribution in [2.45, 2.75) is 51.7 Å². The number of amides is 3. The number of anilines is 2. The summed E-state index contributed by atoms with van der Waals surface area (Å²) >= 11 is 0.785. The molecule has 0 radical (unpaired) electrons. The van der Waals surface area contributed by atoms with E-state index in [1.165, 1.54) is 4.90 Å². The lowest BCUT2D eigenvalue weighted by Gasteiger charge is -2.32. The summed E-state index contributed by atoms with van der Waals surface area (Å²) in [5.41, 5.74) is 14.5. The van der Waals surface area contributed by atoms with Crippen LogP contribution in [0.25, 0.3) is 0 Å². The van der Waals surface area contributed by atoms with Gasteiger partial charge in [0, 0.05) is 18.8 Å². The number of nitrogens with zero attached hydrogens (tertiary/aromatic N) is 2. The molecule has 1 aliphatic heterocycles. The first-order chi connectivity index (χ1) is 18.2. The molecule has 0 saturated carbocycles. The van der Waals surface area contributed by atoms with E-state index in [1.807, 2.05) is 55.5 Å². The molecule has 0 bridgehead atoms. The molecule has 38 heavy (non-hydrogen) atoms. The van der Waals surface area contributed by atoms with Crippen LogP contribution in [0.2, 0.25) is 0 Å². The first-order valence-electron chi connectivity index (χ1n) is 12.6. The summed E-state index contributed by atoms with van der Waals surface area (Å²) in [5.74, 6) is -1.45. The number of nitrogens with one attached hydrogen (secondary N) is 1. The highest BCUT2D eigenvalue weighted by Gasteiger charge is 2.36. The number of hydrogen-bond donors (Lipinski definition) is 3. The first-order valence-corrected chi connectivity index (χ1v) is 13.4. The molecule has 4 rings (SSSR count). The van der Waals surface area contributed by atoms with Crippen molar-refractivity contribution >= 4 is 40.6 Å². The molecule has 1 fully saturated rings. The standard InChI is InChI=1S/C28H33N5O4S/c1-16(2)18-10-12-20(13-11-18)33(28(36)25-22(29)23(26(30)34)32-38-25)24(19-8-6-17(3)7-9-19)27(35)31-15-21-5-4-14-37-21/h6-13,16,21,24H,4-5,14-15,29H2,1-3H3,(H2,30,34)(H,31,35)/t21-,24+/m1/s1. The molecule has 1 aliphatic rings. The highest BCUT2D eigenvalue weighted by molar-refractivity contribution is 7.09. The number of rotatable bonds is 9. The van der Waals surface area contributed by atoms with Crippen LogP contribution in [0.15, 0.2) is 48.5 Å². The fourth-order valence-corrected chi connectivity index (χ4v) is 5.17. The number of aryl methyl sites for hydroxylation is 1. The van der Waals surface area contributed by atoms with Crippen molar-refractivity contribution in [3.8, 4) is 0 Å². The van der Waals surface area contributed by atoms with E-state index in [-0.39, 0.29) is 34.2 Å². The van der Waals surface area contributed by atoms with E-state index in [0.717, 1.165) is 35.5 Å². The fourth-order valence-electron chi connectivity index (χ4n) is 4.42. The Morgan fingerprint density at radius 2 is 1.76 bits per heavy atom. The van der Waals surface area contributed by atoms with Crippen molar-refractivity contribution in [3.63, 3.8) is 0 Å². The lowest BCUT2D eigenvalue weighted by molar-refractivity contribution is -0.123. The second-order valence-corrected chi connectivity index (χ2v) is 10.5. The van der Waals surface area contributed by atoms with Gasteiger partial charge in [-0.05, 0) is 60.5 Å². The number of benzene rings is 2. The molecule has 1 aromatic heterocycles. The maximum absolute atomic E-state index is 14.1. The number of hydrogen-bond acceptors (Lipinski definition) is 7. The van der Waals surface area contributed by atoms with Crippen molar-refractivity contribution in [3.05, 3.63) is 75.8 Å². The van der Waals surface area contributed by atoms with Gasteiger partial charge in [0.2, 0.25) is 5.91 Å². The molecule has 200 valence electrons. The van der Waals surface area contributed by atoms with Gasteiger partial charge in [-0.15, -0.1) is 0 Å². The van der Waals surface area contributed by atoms with Crippen LogP contribution >= 0.6 is 11.5 Å². The maximum Gasteiger partial charge on any atom is 0.273 e. The summed E-state index contributed by atoms with van der Waals surface area (Å²) in [6.45, 7) is 7.11. The Balaban J connectivity index is 1.81. The Hall–Kier alpha value is -3.76. The van der Waals surface area contributed by atoms with Gasteiger partial charge in [0.1, 0.15) is 10.9 Å². The topological polar surface area (TPSA) is 141 Å². The number of carbonyl (C=O) groups is 3. The van der Waals surface area contributed by atoms with Crippen LogP contribution in [0.5, 0.6) is 0 Å². The summed E-state index contributed by atoms with van der Waals surface area (Å²) in [6, 6.07) is 13.9. The lowest BCUT2D eigenvalue weighted by atomic mass is 9.99. The van der Waals surface area contributed by atoms with Gasteiger partial charge in [-0.1, -0.05) is 55.8 Å². The quantitative estimate of drug-likeness (QED) is 0.379. The minimum atomic E-state index is -1.02. The van der Waals surface area contributed by atoms with E-state index < -0.39 is 17.9 Å². The Morgan fingerprint density at radius 3 is 2.32 bits per heavy atom. The summed E-state index contributed by atoms with van der Waals surface area (Å²) in [7, 11) is 0. The molecule has 2 heterocycles. The summed E-state index contributed by atoms with van der Waals surface area (Å²) in [5, 5.41) is 2.99. The van der Waals surface area contributed by atoms with Crippen LogP contribution in [0.4, 0.5) is 11.4 Å². The zero-order valence-electron chi connectivity index (χ0n) is 21.8. The molecule has 3 amide bonds. The van der Waals surface area contributed by atoms with Crippen LogP contribution in [0.1, 0.15) is 75.5 Å². The zero-order valence-corrected chi connectivity index (χ0v) is 22.6. The van der Waals surface area contributed by atoms with Crippen molar-refractivity contribution in [2.24, 2.45) is 5.73 Å². The van der Waals surface area contributed by atoms with Gasteiger partial charge in [-0.3, -0.25) is 19.3 Å². The number of ether oxygens (including phenoxy) is 1. The van der Waals surface area contributed by atoms with Gasteiger partial charge in [0.15, 0.2) is 5.69 Å². The molecule has 10 heteroatoms. The number of aromatic nitrogens is 1. The van der Waals surface area contributed by atoms with Gasteiger partial charge in [0.05, 0.1) is 11.8 Å². The van der Waals surface area contributed by atoms with E-state index in [1.54, 1.807) is 0 Å². The van der Waals surface area contributed by atoms with Crippen molar-refractivity contribution in [2.75, 3.05) is 23.8 Å². The predicted octanol–water partition coefficient (Wildman–Crippen LogP) is 3.94. The third-order valence-corrected chi connectivity index (χ3v) is 7.49. The van der Waals surface area contributed by atoms with Gasteiger partial charge in [0.25, 0.3) is 11.8 Å². The monoisotopic (exact) mass is 535 g/mol. The number of nitrogen functional groups attached to an aromatic ring is 1. The molecular weight excluding hydrogens is 502 g/mol.